The van der Waals surface area contributed by atoms with Crippen LogP contribution in [0.25, 0.3) is 5.76 Å². The van der Waals surface area contributed by atoms with E-state index >= 15 is 4.39 Å². The number of carbonyl (C=O) groups is 3. The van der Waals surface area contributed by atoms with Crippen molar-refractivity contribution in [2.75, 3.05) is 4.90 Å². The highest BCUT2D eigenvalue weighted by Gasteiger charge is 2.49. The number of aliphatic hydroxyl groups excluding tert-OH is 1. The van der Waals surface area contributed by atoms with Crippen molar-refractivity contribution >= 4 is 39.7 Å². The molecule has 2 aliphatic rings. The molecule has 1 saturated heterocycles. The third kappa shape index (κ3) is 3.72. The van der Waals surface area contributed by atoms with E-state index < -0.39 is 29.3 Å². The van der Waals surface area contributed by atoms with Gasteiger partial charge in [0, 0.05) is 24.5 Å². The molecule has 3 aromatic rings. The monoisotopic (exact) mass is 492 g/mol. The zero-order valence-corrected chi connectivity index (χ0v) is 20.0. The number of amides is 1. The van der Waals surface area contributed by atoms with Crippen molar-refractivity contribution in [1.29, 1.82) is 0 Å². The van der Waals surface area contributed by atoms with Crippen LogP contribution in [0.1, 0.15) is 51.9 Å². The summed E-state index contributed by atoms with van der Waals surface area (Å²) in [6.45, 7) is 4.93. The van der Waals surface area contributed by atoms with Gasteiger partial charge < -0.3 is 9.84 Å². The lowest BCUT2D eigenvalue weighted by atomic mass is 9.94. The minimum atomic E-state index is -1.26. The Bertz CT molecular complexity index is 1440. The molecule has 0 radical (unpaired) electrons. The normalized spacial score (nSPS) is 20.7. The number of aromatic nitrogens is 1. The fourth-order valence-corrected chi connectivity index (χ4v) is 5.55. The van der Waals surface area contributed by atoms with E-state index in [4.69, 9.17) is 4.74 Å². The van der Waals surface area contributed by atoms with Crippen molar-refractivity contribution < 1.29 is 28.6 Å². The maximum absolute atomic E-state index is 15.0. The SMILES string of the molecule is CC(=O)c1sc(N2C(=O)C(=O)/C(=C(/O)c3ccc4c(c3)CC(C)O4)C2c2ccccc2F)nc1C. The third-order valence-corrected chi connectivity index (χ3v) is 7.38. The predicted molar refractivity (Wildman–Crippen MR) is 128 cm³/mol. The molecule has 0 spiro atoms. The van der Waals surface area contributed by atoms with Crippen molar-refractivity contribution in [1.82, 2.24) is 4.98 Å². The summed E-state index contributed by atoms with van der Waals surface area (Å²) < 4.78 is 20.7. The van der Waals surface area contributed by atoms with Gasteiger partial charge in [-0.1, -0.05) is 29.5 Å². The van der Waals surface area contributed by atoms with E-state index in [1.807, 2.05) is 6.92 Å². The zero-order valence-electron chi connectivity index (χ0n) is 19.2. The van der Waals surface area contributed by atoms with Gasteiger partial charge in [-0.3, -0.25) is 19.3 Å². The Balaban J connectivity index is 1.71. The number of hydrogen-bond acceptors (Lipinski definition) is 7. The largest absolute Gasteiger partial charge is 0.507 e. The van der Waals surface area contributed by atoms with E-state index in [0.717, 1.165) is 21.8 Å². The van der Waals surface area contributed by atoms with Gasteiger partial charge in [0.2, 0.25) is 0 Å². The van der Waals surface area contributed by atoms with Crippen LogP contribution in [0.4, 0.5) is 9.52 Å². The Morgan fingerprint density at radius 3 is 2.66 bits per heavy atom. The average Bonchev–Trinajstić information content (AvgIpc) is 3.46. The van der Waals surface area contributed by atoms with Crippen LogP contribution in [0, 0.1) is 12.7 Å². The molecule has 2 aliphatic heterocycles. The maximum Gasteiger partial charge on any atom is 0.301 e. The molecule has 2 atom stereocenters. The van der Waals surface area contributed by atoms with Crippen LogP contribution < -0.4 is 9.64 Å². The van der Waals surface area contributed by atoms with Gasteiger partial charge in [0.05, 0.1) is 16.1 Å². The lowest BCUT2D eigenvalue weighted by Crippen LogP contribution is -2.29. The van der Waals surface area contributed by atoms with Gasteiger partial charge in [-0.2, -0.15) is 0 Å². The number of rotatable bonds is 4. The van der Waals surface area contributed by atoms with Crippen molar-refractivity contribution in [2.24, 2.45) is 0 Å². The first-order chi connectivity index (χ1) is 16.7. The molecule has 35 heavy (non-hydrogen) atoms. The van der Waals surface area contributed by atoms with Crippen molar-refractivity contribution in [3.05, 3.63) is 81.1 Å². The second-order valence-corrected chi connectivity index (χ2v) is 9.59. The summed E-state index contributed by atoms with van der Waals surface area (Å²) in [6.07, 6.45) is 0.614. The second-order valence-electron chi connectivity index (χ2n) is 8.61. The van der Waals surface area contributed by atoms with Crippen molar-refractivity contribution in [3.63, 3.8) is 0 Å². The van der Waals surface area contributed by atoms with Crippen LogP contribution >= 0.6 is 11.3 Å². The molecular weight excluding hydrogens is 471 g/mol. The summed E-state index contributed by atoms with van der Waals surface area (Å²) in [5.41, 5.74) is 1.37. The molecule has 9 heteroatoms. The van der Waals surface area contributed by atoms with Gasteiger partial charge >= 0.3 is 5.91 Å². The van der Waals surface area contributed by atoms with Gasteiger partial charge in [0.25, 0.3) is 5.78 Å². The summed E-state index contributed by atoms with van der Waals surface area (Å²) in [5.74, 6) is -2.53. The lowest BCUT2D eigenvalue weighted by Gasteiger charge is -2.23. The zero-order chi connectivity index (χ0) is 25.0. The molecule has 0 aliphatic carbocycles. The first kappa shape index (κ1) is 22.9. The smallest absolute Gasteiger partial charge is 0.301 e. The highest BCUT2D eigenvalue weighted by atomic mass is 32.1. The van der Waals surface area contributed by atoms with Gasteiger partial charge in [-0.05, 0) is 43.7 Å². The molecule has 1 aromatic heterocycles. The first-order valence-electron chi connectivity index (χ1n) is 11.0. The number of halogens is 1. The molecule has 0 bridgehead atoms. The number of fused-ring (bicyclic) bond motifs is 1. The topological polar surface area (TPSA) is 96.8 Å². The van der Waals surface area contributed by atoms with E-state index in [9.17, 15) is 19.5 Å². The number of ether oxygens (including phenoxy) is 1. The lowest BCUT2D eigenvalue weighted by molar-refractivity contribution is -0.132. The summed E-state index contributed by atoms with van der Waals surface area (Å²) >= 11 is 0.950. The molecule has 0 saturated carbocycles. The minimum absolute atomic E-state index is 0.0185. The van der Waals surface area contributed by atoms with Gasteiger partial charge in [0.1, 0.15) is 29.5 Å². The summed E-state index contributed by atoms with van der Waals surface area (Å²) in [6, 6.07) is 9.50. The number of aryl methyl sites for hydroxylation is 1. The predicted octanol–water partition coefficient (Wildman–Crippen LogP) is 4.74. The van der Waals surface area contributed by atoms with E-state index in [-0.39, 0.29) is 28.2 Å². The minimum Gasteiger partial charge on any atom is -0.507 e. The summed E-state index contributed by atoms with van der Waals surface area (Å²) in [7, 11) is 0. The van der Waals surface area contributed by atoms with Gasteiger partial charge in [-0.25, -0.2) is 9.37 Å². The molecule has 2 unspecified atom stereocenters. The van der Waals surface area contributed by atoms with Crippen LogP contribution in [-0.4, -0.2) is 33.7 Å². The summed E-state index contributed by atoms with van der Waals surface area (Å²) in [5, 5.41) is 11.4. The number of benzene rings is 2. The molecule has 7 nitrogen and oxygen atoms in total. The van der Waals surface area contributed by atoms with Crippen molar-refractivity contribution in [2.45, 2.75) is 39.3 Å². The Hall–Kier alpha value is -3.85. The van der Waals surface area contributed by atoms with Crippen LogP contribution in [0.2, 0.25) is 0 Å². The molecule has 5 rings (SSSR count). The number of anilines is 1. The number of carbonyl (C=O) groups excluding carboxylic acids is 3. The second kappa shape index (κ2) is 8.42. The van der Waals surface area contributed by atoms with E-state index in [1.54, 1.807) is 31.2 Å². The van der Waals surface area contributed by atoms with E-state index in [1.165, 1.54) is 25.1 Å². The van der Waals surface area contributed by atoms with Crippen LogP contribution in [0.3, 0.4) is 0 Å². The summed E-state index contributed by atoms with van der Waals surface area (Å²) in [4.78, 5) is 44.2. The Morgan fingerprint density at radius 1 is 1.23 bits per heavy atom. The molecule has 2 aromatic carbocycles. The Kier molecular flexibility index (Phi) is 5.52. The van der Waals surface area contributed by atoms with Gasteiger partial charge in [0.15, 0.2) is 10.9 Å². The van der Waals surface area contributed by atoms with Crippen LogP contribution in [0.15, 0.2) is 48.0 Å². The highest BCUT2D eigenvalue weighted by molar-refractivity contribution is 7.18. The molecule has 178 valence electrons. The number of aliphatic hydroxyl groups is 1. The standard InChI is InChI=1S/C26H21FN2O5S/c1-12-10-16-11-15(8-9-19(16)34-12)22(31)20-21(17-6-4-5-7-18(17)27)29(25(33)23(20)32)26-28-13(2)24(35-26)14(3)30/h4-9,11-12,21,31H,10H2,1-3H3/b22-20+. The Morgan fingerprint density at radius 2 is 1.97 bits per heavy atom. The first-order valence-corrected chi connectivity index (χ1v) is 11.8. The molecule has 1 amide bonds. The number of Topliss-reactive ketones (excluding diaryl/α,β-unsaturated/α-hetero) is 2. The number of ketones is 2. The third-order valence-electron chi connectivity index (χ3n) is 6.12. The fraction of sp³-hybridized carbons (Fsp3) is 0.231. The Labute approximate surface area is 204 Å². The average molecular weight is 493 g/mol. The molecule has 3 heterocycles. The number of thiazole rings is 1. The fourth-order valence-electron chi connectivity index (χ4n) is 4.56. The quantitative estimate of drug-likeness (QED) is 0.245. The van der Waals surface area contributed by atoms with E-state index in [2.05, 4.69) is 4.98 Å². The van der Waals surface area contributed by atoms with Crippen LogP contribution in [0.5, 0.6) is 5.75 Å². The highest BCUT2D eigenvalue weighted by Crippen LogP contribution is 2.45. The molecule has 1 N–H and O–H groups in total. The van der Waals surface area contributed by atoms with E-state index in [0.29, 0.717) is 28.3 Å². The van der Waals surface area contributed by atoms with Crippen LogP contribution in [-0.2, 0) is 16.0 Å². The number of hydrogen-bond donors (Lipinski definition) is 1. The van der Waals surface area contributed by atoms with Gasteiger partial charge in [-0.15, -0.1) is 0 Å². The molecule has 1 fully saturated rings. The van der Waals surface area contributed by atoms with Crippen molar-refractivity contribution in [3.8, 4) is 5.75 Å². The maximum atomic E-state index is 15.0. The number of nitrogens with zero attached hydrogens (tertiary/aromatic N) is 2. The molecular formula is C26H21FN2O5S.